The van der Waals surface area contributed by atoms with Gasteiger partial charge in [0.15, 0.2) is 0 Å². The lowest BCUT2D eigenvalue weighted by Crippen LogP contribution is -2.48. The summed E-state index contributed by atoms with van der Waals surface area (Å²) in [5.74, 6) is 0.121. The molecule has 2 aliphatic rings. The molecule has 1 aliphatic heterocycles. The van der Waals surface area contributed by atoms with Gasteiger partial charge in [-0.2, -0.15) is 0 Å². The Bertz CT molecular complexity index is 653. The summed E-state index contributed by atoms with van der Waals surface area (Å²) in [5.41, 5.74) is 1.01. The molecular formula is C19H26N4O3. The molecule has 2 heterocycles. The normalized spacial score (nSPS) is 22.9. The van der Waals surface area contributed by atoms with Crippen molar-refractivity contribution in [3.8, 4) is 0 Å². The number of hydrogen-bond donors (Lipinski definition) is 1. The Kier molecular flexibility index (Phi) is 6.33. The number of nitrogens with one attached hydrogen (secondary N) is 1. The molecule has 0 spiro atoms. The van der Waals surface area contributed by atoms with E-state index < -0.39 is 0 Å². The molecule has 0 aromatic carbocycles. The fourth-order valence-corrected chi connectivity index (χ4v) is 3.37. The molecule has 140 valence electrons. The topological polar surface area (TPSA) is 84.4 Å². The number of amides is 2. The van der Waals surface area contributed by atoms with E-state index in [0.29, 0.717) is 57.9 Å². The highest BCUT2D eigenvalue weighted by molar-refractivity contribution is 5.88. The van der Waals surface area contributed by atoms with Gasteiger partial charge in [0.1, 0.15) is 5.82 Å². The standard InChI is InChI=1S/C19H26N4O3/c1-14-12-21-17(22-13-14)6-7-20-18(24)15-4-2-3-5-16(15)19(25)23-8-10-26-11-9-23/h2-3,12-13,15-16H,4-11H2,1H3,(H,20,24). The minimum absolute atomic E-state index is 0.0620. The van der Waals surface area contributed by atoms with E-state index >= 15 is 0 Å². The van der Waals surface area contributed by atoms with Crippen molar-refractivity contribution in [1.29, 1.82) is 0 Å². The van der Waals surface area contributed by atoms with Gasteiger partial charge < -0.3 is 15.0 Å². The molecule has 0 saturated carbocycles. The average Bonchev–Trinajstić information content (AvgIpc) is 2.69. The van der Waals surface area contributed by atoms with Crippen LogP contribution in [0.1, 0.15) is 24.2 Å². The van der Waals surface area contributed by atoms with Gasteiger partial charge in [0.2, 0.25) is 11.8 Å². The molecule has 26 heavy (non-hydrogen) atoms. The number of carbonyl (C=O) groups excluding carboxylic acids is 2. The molecule has 2 atom stereocenters. The number of hydrogen-bond acceptors (Lipinski definition) is 5. The molecule has 7 nitrogen and oxygen atoms in total. The molecule has 2 unspecified atom stereocenters. The maximum atomic E-state index is 12.8. The number of ether oxygens (including phenoxy) is 1. The van der Waals surface area contributed by atoms with Crippen molar-refractivity contribution in [3.63, 3.8) is 0 Å². The van der Waals surface area contributed by atoms with Crippen LogP contribution in [0.15, 0.2) is 24.5 Å². The van der Waals surface area contributed by atoms with Gasteiger partial charge in [0, 0.05) is 38.4 Å². The van der Waals surface area contributed by atoms with Crippen molar-refractivity contribution >= 4 is 11.8 Å². The number of morpholine rings is 1. The first-order chi connectivity index (χ1) is 12.6. The molecule has 0 radical (unpaired) electrons. The van der Waals surface area contributed by atoms with E-state index in [1.165, 1.54) is 0 Å². The minimum Gasteiger partial charge on any atom is -0.378 e. The van der Waals surface area contributed by atoms with Crippen LogP contribution in [0.25, 0.3) is 0 Å². The molecule has 7 heteroatoms. The first kappa shape index (κ1) is 18.5. The Morgan fingerprint density at radius 2 is 1.81 bits per heavy atom. The van der Waals surface area contributed by atoms with E-state index in [4.69, 9.17) is 4.74 Å². The molecule has 1 fully saturated rings. The van der Waals surface area contributed by atoms with Crippen molar-refractivity contribution in [1.82, 2.24) is 20.2 Å². The van der Waals surface area contributed by atoms with Gasteiger partial charge >= 0.3 is 0 Å². The summed E-state index contributed by atoms with van der Waals surface area (Å²) >= 11 is 0. The number of rotatable bonds is 5. The van der Waals surface area contributed by atoms with E-state index in [1.54, 1.807) is 12.4 Å². The van der Waals surface area contributed by atoms with Crippen molar-refractivity contribution in [2.45, 2.75) is 26.2 Å². The SMILES string of the molecule is Cc1cnc(CCNC(=O)C2CC=CCC2C(=O)N2CCOCC2)nc1. The summed E-state index contributed by atoms with van der Waals surface area (Å²) in [5, 5.41) is 2.96. The molecule has 1 aromatic heterocycles. The van der Waals surface area contributed by atoms with E-state index in [0.717, 1.165) is 5.56 Å². The molecule has 1 aliphatic carbocycles. The van der Waals surface area contributed by atoms with Crippen LogP contribution in [0.4, 0.5) is 0 Å². The third kappa shape index (κ3) is 4.66. The van der Waals surface area contributed by atoms with Crippen molar-refractivity contribution < 1.29 is 14.3 Å². The first-order valence-corrected chi connectivity index (χ1v) is 9.22. The highest BCUT2D eigenvalue weighted by atomic mass is 16.5. The number of carbonyl (C=O) groups is 2. The zero-order chi connectivity index (χ0) is 18.4. The summed E-state index contributed by atoms with van der Waals surface area (Å²) in [6.07, 6.45) is 9.35. The molecule has 3 rings (SSSR count). The van der Waals surface area contributed by atoms with Gasteiger partial charge in [-0.25, -0.2) is 9.97 Å². The van der Waals surface area contributed by atoms with Crippen LogP contribution in [0.5, 0.6) is 0 Å². The van der Waals surface area contributed by atoms with Gasteiger partial charge in [0.05, 0.1) is 25.0 Å². The first-order valence-electron chi connectivity index (χ1n) is 9.22. The maximum Gasteiger partial charge on any atom is 0.226 e. The summed E-state index contributed by atoms with van der Waals surface area (Å²) in [6, 6.07) is 0. The summed E-state index contributed by atoms with van der Waals surface area (Å²) in [7, 11) is 0. The zero-order valence-corrected chi connectivity index (χ0v) is 15.2. The van der Waals surface area contributed by atoms with Gasteiger partial charge in [-0.15, -0.1) is 0 Å². The Balaban J connectivity index is 1.54. The summed E-state index contributed by atoms with van der Waals surface area (Å²) in [4.78, 5) is 35.8. The lowest BCUT2D eigenvalue weighted by molar-refractivity contribution is -0.145. The Hall–Kier alpha value is -2.28. The number of aromatic nitrogens is 2. The minimum atomic E-state index is -0.311. The van der Waals surface area contributed by atoms with Crippen LogP contribution in [0, 0.1) is 18.8 Å². The highest BCUT2D eigenvalue weighted by Gasteiger charge is 2.36. The van der Waals surface area contributed by atoms with Crippen LogP contribution < -0.4 is 5.32 Å². The van der Waals surface area contributed by atoms with Crippen molar-refractivity contribution in [2.24, 2.45) is 11.8 Å². The van der Waals surface area contributed by atoms with Crippen LogP contribution in [0.2, 0.25) is 0 Å². The number of aryl methyl sites for hydroxylation is 1. The Morgan fingerprint density at radius 1 is 1.15 bits per heavy atom. The fourth-order valence-electron chi connectivity index (χ4n) is 3.37. The van der Waals surface area contributed by atoms with Gasteiger partial charge in [0.25, 0.3) is 0 Å². The Morgan fingerprint density at radius 3 is 2.50 bits per heavy atom. The van der Waals surface area contributed by atoms with Gasteiger partial charge in [-0.1, -0.05) is 12.2 Å². The van der Waals surface area contributed by atoms with Crippen LogP contribution in [-0.4, -0.2) is 59.5 Å². The second kappa shape index (κ2) is 8.89. The van der Waals surface area contributed by atoms with Crippen molar-refractivity contribution in [3.05, 3.63) is 35.9 Å². The van der Waals surface area contributed by atoms with E-state index in [9.17, 15) is 9.59 Å². The zero-order valence-electron chi connectivity index (χ0n) is 15.2. The van der Waals surface area contributed by atoms with Crippen LogP contribution in [-0.2, 0) is 20.7 Å². The summed E-state index contributed by atoms with van der Waals surface area (Å²) in [6.45, 7) is 4.77. The largest absolute Gasteiger partial charge is 0.378 e. The average molecular weight is 358 g/mol. The monoisotopic (exact) mass is 358 g/mol. The smallest absolute Gasteiger partial charge is 0.226 e. The third-order valence-electron chi connectivity index (χ3n) is 4.89. The lowest BCUT2D eigenvalue weighted by atomic mass is 9.81. The molecule has 1 aromatic rings. The van der Waals surface area contributed by atoms with E-state index in [-0.39, 0.29) is 23.7 Å². The lowest BCUT2D eigenvalue weighted by Gasteiger charge is -2.34. The van der Waals surface area contributed by atoms with Crippen LogP contribution in [0.3, 0.4) is 0 Å². The second-order valence-corrected chi connectivity index (χ2v) is 6.81. The molecule has 0 bridgehead atoms. The number of allylic oxidation sites excluding steroid dienone is 2. The Labute approximate surface area is 153 Å². The van der Waals surface area contributed by atoms with E-state index in [2.05, 4.69) is 15.3 Å². The van der Waals surface area contributed by atoms with Crippen LogP contribution >= 0.6 is 0 Å². The second-order valence-electron chi connectivity index (χ2n) is 6.81. The fraction of sp³-hybridized carbons (Fsp3) is 0.579. The third-order valence-corrected chi connectivity index (χ3v) is 4.89. The number of nitrogens with zero attached hydrogens (tertiary/aromatic N) is 3. The predicted octanol–water partition coefficient (Wildman–Crippen LogP) is 0.885. The van der Waals surface area contributed by atoms with Crippen molar-refractivity contribution in [2.75, 3.05) is 32.8 Å². The molecular weight excluding hydrogens is 332 g/mol. The molecule has 1 saturated heterocycles. The maximum absolute atomic E-state index is 12.8. The van der Waals surface area contributed by atoms with Gasteiger partial charge in [-0.3, -0.25) is 9.59 Å². The van der Waals surface area contributed by atoms with E-state index in [1.807, 2.05) is 24.0 Å². The molecule has 1 N–H and O–H groups in total. The summed E-state index contributed by atoms with van der Waals surface area (Å²) < 4.78 is 5.32. The quantitative estimate of drug-likeness (QED) is 0.790. The molecule has 2 amide bonds. The van der Waals surface area contributed by atoms with Gasteiger partial charge in [-0.05, 0) is 25.3 Å². The highest BCUT2D eigenvalue weighted by Crippen LogP contribution is 2.28. The predicted molar refractivity (Wildman–Crippen MR) is 96.2 cm³/mol.